The van der Waals surface area contributed by atoms with Gasteiger partial charge in [-0.2, -0.15) is 0 Å². The first-order valence-corrected chi connectivity index (χ1v) is 11.3. The molecule has 6 nitrogen and oxygen atoms in total. The van der Waals surface area contributed by atoms with Gasteiger partial charge in [-0.25, -0.2) is 9.78 Å². The van der Waals surface area contributed by atoms with Crippen LogP contribution in [0, 0.1) is 0 Å². The zero-order chi connectivity index (χ0) is 22.5. The van der Waals surface area contributed by atoms with E-state index < -0.39 is 5.97 Å². The van der Waals surface area contributed by atoms with Crippen molar-refractivity contribution in [2.45, 2.75) is 87.1 Å². The average molecular weight is 418 g/mol. The molecule has 0 saturated carbocycles. The third-order valence-electron chi connectivity index (χ3n) is 3.07. The molecule has 1 N–H and O–H groups in total. The van der Waals surface area contributed by atoms with Crippen molar-refractivity contribution in [1.29, 1.82) is 0 Å². The lowest BCUT2D eigenvalue weighted by atomic mass is 10.1. The van der Waals surface area contributed by atoms with Crippen LogP contribution in [0.2, 0.25) is 0 Å². The quantitative estimate of drug-likeness (QED) is 0.567. The summed E-state index contributed by atoms with van der Waals surface area (Å²) in [5, 5.41) is 5.58. The fourth-order valence-electron chi connectivity index (χ4n) is 1.85. The van der Waals surface area contributed by atoms with Gasteiger partial charge in [-0.1, -0.05) is 68.2 Å². The normalized spacial score (nSPS) is 9.93. The van der Waals surface area contributed by atoms with Crippen LogP contribution in [0.1, 0.15) is 91.3 Å². The van der Waals surface area contributed by atoms with Crippen molar-refractivity contribution in [3.8, 4) is 0 Å². The highest BCUT2D eigenvalue weighted by Gasteiger charge is 2.14. The molecule has 1 unspecified atom stereocenters. The SMILES string of the molecule is CC.CC.CCC.CCCC(C)c1nc(CN(C)C(=O)NCC(=O)OC)cs1. The Balaban J connectivity index is -0.000000789. The van der Waals surface area contributed by atoms with Gasteiger partial charge in [0.25, 0.3) is 0 Å². The summed E-state index contributed by atoms with van der Waals surface area (Å²) >= 11 is 1.63. The molecule has 0 bridgehead atoms. The summed E-state index contributed by atoms with van der Waals surface area (Å²) in [7, 11) is 2.95. The molecule has 1 rings (SSSR count). The highest BCUT2D eigenvalue weighted by Crippen LogP contribution is 2.24. The van der Waals surface area contributed by atoms with Crippen LogP contribution in [-0.4, -0.2) is 42.6 Å². The van der Waals surface area contributed by atoms with Gasteiger partial charge in [0, 0.05) is 18.3 Å². The molecule has 1 heterocycles. The summed E-state index contributed by atoms with van der Waals surface area (Å²) in [6.07, 6.45) is 3.49. The molecule has 0 aliphatic heterocycles. The van der Waals surface area contributed by atoms with Crippen LogP contribution in [0.5, 0.6) is 0 Å². The fourth-order valence-corrected chi connectivity index (χ4v) is 2.75. The van der Waals surface area contributed by atoms with Crippen molar-refractivity contribution >= 4 is 23.3 Å². The first-order valence-electron chi connectivity index (χ1n) is 10.4. The Morgan fingerprint density at radius 1 is 1.21 bits per heavy atom. The van der Waals surface area contributed by atoms with E-state index in [2.05, 4.69) is 42.7 Å². The fraction of sp³-hybridized carbons (Fsp3) is 0.762. The number of carbonyl (C=O) groups is 2. The third-order valence-corrected chi connectivity index (χ3v) is 4.20. The number of esters is 1. The maximum Gasteiger partial charge on any atom is 0.325 e. The van der Waals surface area contributed by atoms with E-state index in [0.717, 1.165) is 23.5 Å². The van der Waals surface area contributed by atoms with Gasteiger partial charge < -0.3 is 15.0 Å². The highest BCUT2D eigenvalue weighted by molar-refractivity contribution is 7.09. The minimum Gasteiger partial charge on any atom is -0.468 e. The minimum atomic E-state index is -0.471. The Bertz CT molecular complexity index is 493. The van der Waals surface area contributed by atoms with Crippen LogP contribution in [0.15, 0.2) is 5.38 Å². The molecular weight excluding hydrogens is 374 g/mol. The topological polar surface area (TPSA) is 71.5 Å². The molecule has 0 radical (unpaired) electrons. The van der Waals surface area contributed by atoms with Gasteiger partial charge in [-0.15, -0.1) is 11.3 Å². The smallest absolute Gasteiger partial charge is 0.325 e. The zero-order valence-electron chi connectivity index (χ0n) is 19.7. The molecule has 1 aromatic rings. The molecule has 0 aromatic carbocycles. The number of urea groups is 1. The molecule has 0 aliphatic carbocycles. The van der Waals surface area contributed by atoms with Gasteiger partial charge in [0.2, 0.25) is 0 Å². The van der Waals surface area contributed by atoms with Gasteiger partial charge >= 0.3 is 12.0 Å². The predicted molar refractivity (Wildman–Crippen MR) is 121 cm³/mol. The largest absolute Gasteiger partial charge is 0.468 e. The van der Waals surface area contributed by atoms with Crippen LogP contribution in [0.3, 0.4) is 0 Å². The lowest BCUT2D eigenvalue weighted by Crippen LogP contribution is -2.39. The van der Waals surface area contributed by atoms with E-state index in [4.69, 9.17) is 0 Å². The highest BCUT2D eigenvalue weighted by atomic mass is 32.1. The van der Waals surface area contributed by atoms with E-state index in [1.165, 1.54) is 18.4 Å². The van der Waals surface area contributed by atoms with Crippen molar-refractivity contribution in [3.05, 3.63) is 16.1 Å². The van der Waals surface area contributed by atoms with Gasteiger partial charge in [0.15, 0.2) is 0 Å². The molecule has 28 heavy (non-hydrogen) atoms. The van der Waals surface area contributed by atoms with Crippen LogP contribution >= 0.6 is 11.3 Å². The molecule has 1 aromatic heterocycles. The predicted octanol–water partition coefficient (Wildman–Crippen LogP) is 5.83. The second-order valence-electron chi connectivity index (χ2n) is 5.66. The summed E-state index contributed by atoms with van der Waals surface area (Å²) in [5.74, 6) is -0.0201. The number of amides is 2. The Kier molecular flexibility index (Phi) is 24.0. The van der Waals surface area contributed by atoms with E-state index in [-0.39, 0.29) is 12.6 Å². The van der Waals surface area contributed by atoms with Gasteiger partial charge in [-0.3, -0.25) is 4.79 Å². The molecule has 166 valence electrons. The first-order chi connectivity index (χ1) is 13.4. The van der Waals surface area contributed by atoms with Crippen molar-refractivity contribution in [1.82, 2.24) is 15.2 Å². The third kappa shape index (κ3) is 15.4. The second kappa shape index (κ2) is 21.7. The number of aromatic nitrogens is 1. The molecule has 0 saturated heterocycles. The maximum atomic E-state index is 11.8. The standard InChI is InChI=1S/C14H23N3O3S.C3H8.2C2H6/c1-5-6-10(2)13-16-11(9-21-13)8-17(3)14(19)15-7-12(18)20-4;1-3-2;2*1-2/h9-10H,5-8H2,1-4H3,(H,15,19);3H2,1-2H3;2*1-2H3. The molecule has 0 aliphatic rings. The molecule has 1 atom stereocenters. The lowest BCUT2D eigenvalue weighted by Gasteiger charge is -2.16. The van der Waals surface area contributed by atoms with E-state index in [0.29, 0.717) is 12.5 Å². The maximum absolute atomic E-state index is 11.8. The van der Waals surface area contributed by atoms with E-state index in [9.17, 15) is 9.59 Å². The van der Waals surface area contributed by atoms with Crippen molar-refractivity contribution < 1.29 is 14.3 Å². The van der Waals surface area contributed by atoms with Crippen LogP contribution in [0.4, 0.5) is 4.79 Å². The molecule has 2 amide bonds. The summed E-state index contributed by atoms with van der Waals surface area (Å²) in [6, 6.07) is -0.323. The summed E-state index contributed by atoms with van der Waals surface area (Å²) in [5.41, 5.74) is 0.869. The summed E-state index contributed by atoms with van der Waals surface area (Å²) in [4.78, 5) is 28.8. The number of methoxy groups -OCH3 is 1. The Labute approximate surface area is 177 Å². The number of nitrogens with zero attached hydrogens (tertiary/aromatic N) is 2. The zero-order valence-corrected chi connectivity index (χ0v) is 20.5. The van der Waals surface area contributed by atoms with Gasteiger partial charge in [-0.05, 0) is 6.42 Å². The lowest BCUT2D eigenvalue weighted by molar-refractivity contribution is -0.139. The number of hydrogen-bond acceptors (Lipinski definition) is 5. The molecule has 0 spiro atoms. The number of rotatable bonds is 7. The van der Waals surface area contributed by atoms with Crippen LogP contribution < -0.4 is 5.32 Å². The minimum absolute atomic E-state index is 0.129. The molecular formula is C21H43N3O3S. The Hall–Kier alpha value is -1.63. The van der Waals surface area contributed by atoms with Crippen molar-refractivity contribution in [3.63, 3.8) is 0 Å². The summed E-state index contributed by atoms with van der Waals surface area (Å²) in [6.45, 7) is 16.9. The summed E-state index contributed by atoms with van der Waals surface area (Å²) < 4.78 is 4.47. The monoisotopic (exact) mass is 417 g/mol. The number of ether oxygens (including phenoxy) is 1. The average Bonchev–Trinajstić information content (AvgIpc) is 3.18. The van der Waals surface area contributed by atoms with E-state index in [1.54, 1.807) is 18.4 Å². The number of thiazole rings is 1. The van der Waals surface area contributed by atoms with Crippen LogP contribution in [-0.2, 0) is 16.1 Å². The first kappa shape index (κ1) is 31.1. The van der Waals surface area contributed by atoms with E-state index in [1.807, 2.05) is 33.1 Å². The van der Waals surface area contributed by atoms with Crippen LogP contribution in [0.25, 0.3) is 0 Å². The second-order valence-corrected chi connectivity index (χ2v) is 6.55. The Morgan fingerprint density at radius 2 is 1.75 bits per heavy atom. The Morgan fingerprint density at radius 3 is 2.21 bits per heavy atom. The number of carbonyl (C=O) groups excluding carboxylic acids is 2. The number of hydrogen-bond donors (Lipinski definition) is 1. The molecule has 7 heteroatoms. The van der Waals surface area contributed by atoms with Crippen molar-refractivity contribution in [2.75, 3.05) is 20.7 Å². The number of nitrogens with one attached hydrogen (secondary N) is 1. The van der Waals surface area contributed by atoms with Crippen molar-refractivity contribution in [2.24, 2.45) is 0 Å². The molecule has 0 fully saturated rings. The van der Waals surface area contributed by atoms with E-state index >= 15 is 0 Å². The van der Waals surface area contributed by atoms with Gasteiger partial charge in [0.05, 0.1) is 24.4 Å². The van der Waals surface area contributed by atoms with Gasteiger partial charge in [0.1, 0.15) is 6.54 Å².